The number of hydrogen-bond donors (Lipinski definition) is 2. The third-order valence-electron chi connectivity index (χ3n) is 5.84. The van der Waals surface area contributed by atoms with E-state index in [0.29, 0.717) is 6.54 Å². The topological polar surface area (TPSA) is 80.4 Å². The molecule has 1 aliphatic rings. The van der Waals surface area contributed by atoms with Crippen molar-refractivity contribution in [3.05, 3.63) is 29.5 Å². The number of fused-ring (bicyclic) bond motifs is 1. The largest absolute Gasteiger partial charge is 0.497 e. The van der Waals surface area contributed by atoms with Gasteiger partial charge in [0.1, 0.15) is 11.9 Å². The lowest BCUT2D eigenvalue weighted by molar-refractivity contribution is -0.151. The first-order valence-electron chi connectivity index (χ1n) is 10.6. The molecular formula is C23H32N2O4. The van der Waals surface area contributed by atoms with Gasteiger partial charge in [-0.2, -0.15) is 0 Å². The maximum absolute atomic E-state index is 12.1. The third-order valence-corrected chi connectivity index (χ3v) is 5.84. The number of benzene rings is 1. The number of rotatable bonds is 8. The highest BCUT2D eigenvalue weighted by molar-refractivity contribution is 5.86. The number of aromatic nitrogens is 1. The number of aromatic amines is 1. The first-order valence-corrected chi connectivity index (χ1v) is 10.6. The van der Waals surface area contributed by atoms with Crippen molar-refractivity contribution in [1.82, 2.24) is 10.3 Å². The minimum atomic E-state index is -0.265. The van der Waals surface area contributed by atoms with E-state index in [0.717, 1.165) is 60.4 Å². The average Bonchev–Trinajstić information content (AvgIpc) is 3.02. The normalized spacial score (nSPS) is 19.1. The Kier molecular flexibility index (Phi) is 7.18. The molecule has 1 aromatic carbocycles. The first-order chi connectivity index (χ1) is 14.0. The number of hydrogen-bond acceptors (Lipinski definition) is 4. The van der Waals surface area contributed by atoms with E-state index in [-0.39, 0.29) is 30.8 Å². The van der Waals surface area contributed by atoms with Gasteiger partial charge in [0.25, 0.3) is 0 Å². The van der Waals surface area contributed by atoms with Gasteiger partial charge in [-0.05, 0) is 68.7 Å². The summed E-state index contributed by atoms with van der Waals surface area (Å²) in [5.41, 5.74) is 3.32. The number of carbonyl (C=O) groups excluding carboxylic acids is 2. The second-order valence-electron chi connectivity index (χ2n) is 8.11. The molecule has 29 heavy (non-hydrogen) atoms. The highest BCUT2D eigenvalue weighted by Gasteiger charge is 2.21. The van der Waals surface area contributed by atoms with Gasteiger partial charge in [0.2, 0.25) is 5.91 Å². The smallest absolute Gasteiger partial charge is 0.306 e. The molecule has 0 saturated heterocycles. The summed E-state index contributed by atoms with van der Waals surface area (Å²) in [7, 11) is 1.65. The molecule has 3 rings (SSSR count). The van der Waals surface area contributed by atoms with Gasteiger partial charge in [-0.1, -0.05) is 6.92 Å². The number of carbonyl (C=O) groups is 2. The molecule has 1 heterocycles. The minimum absolute atomic E-state index is 0.0311. The summed E-state index contributed by atoms with van der Waals surface area (Å²) in [6.45, 7) is 4.79. The molecule has 6 nitrogen and oxygen atoms in total. The predicted octanol–water partition coefficient (Wildman–Crippen LogP) is 4.05. The van der Waals surface area contributed by atoms with Crippen molar-refractivity contribution in [3.8, 4) is 5.75 Å². The summed E-state index contributed by atoms with van der Waals surface area (Å²) >= 11 is 0. The van der Waals surface area contributed by atoms with E-state index in [1.54, 1.807) is 7.11 Å². The van der Waals surface area contributed by atoms with E-state index in [1.807, 2.05) is 25.1 Å². The molecule has 0 radical (unpaired) electrons. The lowest BCUT2D eigenvalue weighted by atomic mass is 9.89. The van der Waals surface area contributed by atoms with E-state index < -0.39 is 0 Å². The lowest BCUT2D eigenvalue weighted by Crippen LogP contribution is -2.27. The van der Waals surface area contributed by atoms with Crippen molar-refractivity contribution in [1.29, 1.82) is 0 Å². The second-order valence-corrected chi connectivity index (χ2v) is 8.11. The molecular weight excluding hydrogens is 368 g/mol. The first kappa shape index (κ1) is 21.2. The molecule has 0 atom stereocenters. The molecule has 0 aliphatic heterocycles. The van der Waals surface area contributed by atoms with Crippen molar-refractivity contribution in [2.75, 3.05) is 13.7 Å². The molecule has 1 amide bonds. The fourth-order valence-electron chi connectivity index (χ4n) is 4.03. The molecule has 6 heteroatoms. The van der Waals surface area contributed by atoms with Crippen LogP contribution in [0.1, 0.15) is 56.7 Å². The van der Waals surface area contributed by atoms with Gasteiger partial charge in [0.15, 0.2) is 0 Å². The zero-order valence-electron chi connectivity index (χ0n) is 17.7. The summed E-state index contributed by atoms with van der Waals surface area (Å²) in [6, 6.07) is 5.94. The summed E-state index contributed by atoms with van der Waals surface area (Å²) < 4.78 is 10.8. The Hall–Kier alpha value is -2.50. The van der Waals surface area contributed by atoms with E-state index in [2.05, 4.69) is 17.2 Å². The number of aryl methyl sites for hydroxylation is 1. The van der Waals surface area contributed by atoms with E-state index in [1.165, 1.54) is 5.56 Å². The fraction of sp³-hybridized carbons (Fsp3) is 0.565. The van der Waals surface area contributed by atoms with Gasteiger partial charge in [-0.25, -0.2) is 0 Å². The van der Waals surface area contributed by atoms with Crippen LogP contribution in [0.3, 0.4) is 0 Å². The molecule has 1 aliphatic carbocycles. The van der Waals surface area contributed by atoms with Crippen LogP contribution in [0, 0.1) is 12.8 Å². The van der Waals surface area contributed by atoms with Crippen LogP contribution in [-0.4, -0.2) is 36.6 Å². The molecule has 2 N–H and O–H groups in total. The van der Waals surface area contributed by atoms with Gasteiger partial charge in [-0.3, -0.25) is 9.59 Å². The fourth-order valence-corrected chi connectivity index (χ4v) is 4.03. The van der Waals surface area contributed by atoms with Crippen molar-refractivity contribution >= 4 is 22.8 Å². The van der Waals surface area contributed by atoms with Crippen molar-refractivity contribution in [2.45, 2.75) is 64.9 Å². The highest BCUT2D eigenvalue weighted by Crippen LogP contribution is 2.27. The Labute approximate surface area is 172 Å². The van der Waals surface area contributed by atoms with E-state index >= 15 is 0 Å². The maximum Gasteiger partial charge on any atom is 0.306 e. The molecule has 158 valence electrons. The summed E-state index contributed by atoms with van der Waals surface area (Å²) in [6.07, 6.45) is 5.15. The lowest BCUT2D eigenvalue weighted by Gasteiger charge is -2.25. The van der Waals surface area contributed by atoms with Crippen molar-refractivity contribution in [3.63, 3.8) is 0 Å². The number of esters is 1. The number of ether oxygens (including phenoxy) is 2. The van der Waals surface area contributed by atoms with Gasteiger partial charge in [0, 0.05) is 29.6 Å². The maximum atomic E-state index is 12.1. The van der Waals surface area contributed by atoms with E-state index in [9.17, 15) is 9.59 Å². The van der Waals surface area contributed by atoms with Crippen LogP contribution in [0.2, 0.25) is 0 Å². The van der Waals surface area contributed by atoms with Gasteiger partial charge < -0.3 is 19.8 Å². The number of H-pyrrole nitrogens is 1. The van der Waals surface area contributed by atoms with Crippen LogP contribution in [0.5, 0.6) is 5.75 Å². The molecule has 1 aromatic heterocycles. The van der Waals surface area contributed by atoms with E-state index in [4.69, 9.17) is 9.47 Å². The van der Waals surface area contributed by atoms with Crippen molar-refractivity contribution in [2.24, 2.45) is 5.92 Å². The average molecular weight is 401 g/mol. The minimum Gasteiger partial charge on any atom is -0.497 e. The van der Waals surface area contributed by atoms with Crippen LogP contribution in [-0.2, 0) is 20.7 Å². The Bertz CT molecular complexity index is 850. The molecule has 1 saturated carbocycles. The molecule has 0 unspecified atom stereocenters. The molecule has 0 spiro atoms. The van der Waals surface area contributed by atoms with Gasteiger partial charge in [-0.15, -0.1) is 0 Å². The van der Waals surface area contributed by atoms with Crippen LogP contribution in [0.25, 0.3) is 10.9 Å². The zero-order valence-corrected chi connectivity index (χ0v) is 17.7. The monoisotopic (exact) mass is 400 g/mol. The summed E-state index contributed by atoms with van der Waals surface area (Å²) in [4.78, 5) is 27.5. The SMILES string of the molecule is COc1ccc2[nH]c(C)c(CCNC(=O)CCC(=O)OC3CCC(C)CC3)c2c1. The standard InChI is InChI=1S/C23H32N2O4/c1-15-4-6-17(7-5-15)29-23(27)11-10-22(26)24-13-12-19-16(2)25-21-9-8-18(28-3)14-20(19)21/h8-9,14-15,17,25H,4-7,10-13H2,1-3H3,(H,24,26). The van der Waals surface area contributed by atoms with Crippen molar-refractivity contribution < 1.29 is 19.1 Å². The predicted molar refractivity (Wildman–Crippen MR) is 113 cm³/mol. The van der Waals surface area contributed by atoms with Crippen LogP contribution in [0.4, 0.5) is 0 Å². The Morgan fingerprint density at radius 2 is 1.93 bits per heavy atom. The molecule has 1 fully saturated rings. The Balaban J connectivity index is 1.41. The quantitative estimate of drug-likeness (QED) is 0.655. The molecule has 2 aromatic rings. The number of nitrogens with one attached hydrogen (secondary N) is 2. The summed E-state index contributed by atoms with van der Waals surface area (Å²) in [5, 5.41) is 4.03. The zero-order chi connectivity index (χ0) is 20.8. The Morgan fingerprint density at radius 3 is 2.66 bits per heavy atom. The number of amides is 1. The van der Waals surface area contributed by atoms with Gasteiger partial charge in [0.05, 0.1) is 13.5 Å². The highest BCUT2D eigenvalue weighted by atomic mass is 16.5. The molecule has 0 bridgehead atoms. The van der Waals surface area contributed by atoms with Crippen LogP contribution >= 0.6 is 0 Å². The Morgan fingerprint density at radius 1 is 1.17 bits per heavy atom. The number of methoxy groups -OCH3 is 1. The summed E-state index contributed by atoms with van der Waals surface area (Å²) in [5.74, 6) is 1.15. The van der Waals surface area contributed by atoms with Crippen LogP contribution < -0.4 is 10.1 Å². The third kappa shape index (κ3) is 5.75. The second kappa shape index (κ2) is 9.81. The van der Waals surface area contributed by atoms with Gasteiger partial charge >= 0.3 is 5.97 Å². The van der Waals surface area contributed by atoms with Crippen LogP contribution in [0.15, 0.2) is 18.2 Å².